The van der Waals surface area contributed by atoms with Gasteiger partial charge in [0, 0.05) is 25.2 Å². The molecule has 1 unspecified atom stereocenters. The minimum Gasteiger partial charge on any atom is -0.312 e. The van der Waals surface area contributed by atoms with Gasteiger partial charge in [0.05, 0.1) is 15.1 Å². The molecule has 0 N–H and O–H groups in total. The second-order valence-corrected chi connectivity index (χ2v) is 11.3. The van der Waals surface area contributed by atoms with Gasteiger partial charge in [-0.1, -0.05) is 29.9 Å². The van der Waals surface area contributed by atoms with Crippen molar-refractivity contribution in [1.29, 1.82) is 0 Å². The summed E-state index contributed by atoms with van der Waals surface area (Å²) in [6, 6.07) is 6.77. The number of carbonyl (C=O) groups excluding carboxylic acids is 1. The van der Waals surface area contributed by atoms with Gasteiger partial charge in [0.2, 0.25) is 0 Å². The maximum atomic E-state index is 13.2. The van der Waals surface area contributed by atoms with Gasteiger partial charge in [-0.15, -0.1) is 17.9 Å². The molecule has 0 bridgehead atoms. The zero-order valence-corrected chi connectivity index (χ0v) is 19.4. The summed E-state index contributed by atoms with van der Waals surface area (Å²) in [5.41, 5.74) is 0.508. The second-order valence-electron chi connectivity index (χ2n) is 7.20. The van der Waals surface area contributed by atoms with E-state index in [1.807, 2.05) is 0 Å². The lowest BCUT2D eigenvalue weighted by Crippen LogP contribution is -2.47. The van der Waals surface area contributed by atoms with Crippen LogP contribution in [0.1, 0.15) is 19.3 Å². The fourth-order valence-corrected chi connectivity index (χ4v) is 7.49. The molecule has 3 heterocycles. The van der Waals surface area contributed by atoms with Gasteiger partial charge in [-0.2, -0.15) is 9.30 Å². The summed E-state index contributed by atoms with van der Waals surface area (Å²) >= 11 is 2.34. The summed E-state index contributed by atoms with van der Waals surface area (Å²) in [5.74, 6) is -0.538. The number of fused-ring (bicyclic) bond motifs is 1. The first kappa shape index (κ1) is 22.5. The van der Waals surface area contributed by atoms with Crippen molar-refractivity contribution in [1.82, 2.24) is 8.87 Å². The normalized spacial score (nSPS) is 18.1. The highest BCUT2D eigenvalue weighted by molar-refractivity contribution is 7.91. The van der Waals surface area contributed by atoms with E-state index in [-0.39, 0.29) is 16.4 Å². The predicted molar refractivity (Wildman–Crippen MR) is 123 cm³/mol. The lowest BCUT2D eigenvalue weighted by Gasteiger charge is -2.31. The van der Waals surface area contributed by atoms with Crippen LogP contribution in [0.15, 0.2) is 57.6 Å². The third-order valence-electron chi connectivity index (χ3n) is 5.19. The lowest BCUT2D eigenvalue weighted by molar-refractivity contribution is -0.384. The van der Waals surface area contributed by atoms with E-state index in [4.69, 9.17) is 0 Å². The molecule has 4 rings (SSSR count). The molecule has 0 radical (unpaired) electrons. The van der Waals surface area contributed by atoms with E-state index in [0.29, 0.717) is 29.7 Å². The van der Waals surface area contributed by atoms with Crippen molar-refractivity contribution in [3.63, 3.8) is 0 Å². The van der Waals surface area contributed by atoms with Crippen LogP contribution in [-0.4, -0.2) is 40.7 Å². The van der Waals surface area contributed by atoms with Crippen LogP contribution in [0.3, 0.4) is 0 Å². The number of allylic oxidation sites excluding steroid dienone is 1. The summed E-state index contributed by atoms with van der Waals surface area (Å²) in [6.07, 6.45) is 3.42. The Labute approximate surface area is 192 Å². The first-order chi connectivity index (χ1) is 15.3. The van der Waals surface area contributed by atoms with Gasteiger partial charge in [-0.3, -0.25) is 14.9 Å². The number of non-ortho nitro benzene ring substituents is 1. The van der Waals surface area contributed by atoms with Crippen LogP contribution in [0.2, 0.25) is 0 Å². The molecule has 12 heteroatoms. The van der Waals surface area contributed by atoms with Gasteiger partial charge in [-0.25, -0.2) is 8.42 Å². The fraction of sp³-hybridized carbons (Fsp3) is 0.300. The molecule has 1 fully saturated rings. The molecular formula is C20H20N4O5S3. The molecule has 32 heavy (non-hydrogen) atoms. The molecular weight excluding hydrogens is 472 g/mol. The summed E-state index contributed by atoms with van der Waals surface area (Å²) in [5, 5.41) is 12.9. The second kappa shape index (κ2) is 9.06. The zero-order valence-electron chi connectivity index (χ0n) is 16.9. The molecule has 0 aliphatic carbocycles. The van der Waals surface area contributed by atoms with E-state index >= 15 is 0 Å². The van der Waals surface area contributed by atoms with Gasteiger partial charge in [-0.05, 0) is 30.4 Å². The molecule has 2 aromatic heterocycles. The molecule has 0 saturated carbocycles. The number of aromatic nitrogens is 1. The highest BCUT2D eigenvalue weighted by atomic mass is 32.2. The van der Waals surface area contributed by atoms with Gasteiger partial charge in [0.25, 0.3) is 21.6 Å². The highest BCUT2D eigenvalue weighted by Gasteiger charge is 2.38. The number of hydrogen-bond donors (Lipinski definition) is 0. The first-order valence-electron chi connectivity index (χ1n) is 9.85. The number of carbonyl (C=O) groups is 1. The van der Waals surface area contributed by atoms with Crippen molar-refractivity contribution >= 4 is 54.5 Å². The fourth-order valence-electron chi connectivity index (χ4n) is 3.70. The molecule has 1 aliphatic heterocycles. The molecule has 1 aliphatic rings. The van der Waals surface area contributed by atoms with E-state index in [1.165, 1.54) is 33.8 Å². The Bertz CT molecular complexity index is 1360. The summed E-state index contributed by atoms with van der Waals surface area (Å²) in [4.78, 5) is 28.5. The number of thiophene rings is 1. The van der Waals surface area contributed by atoms with E-state index in [9.17, 15) is 23.3 Å². The Morgan fingerprint density at radius 2 is 2.16 bits per heavy atom. The summed E-state index contributed by atoms with van der Waals surface area (Å²) < 4.78 is 30.0. The van der Waals surface area contributed by atoms with Crippen LogP contribution >= 0.6 is 22.7 Å². The molecule has 9 nitrogen and oxygen atoms in total. The number of hydrogen-bond acceptors (Lipinski definition) is 7. The van der Waals surface area contributed by atoms with E-state index < -0.39 is 26.9 Å². The molecule has 1 saturated heterocycles. The maximum Gasteiger partial charge on any atom is 0.271 e. The third-order valence-corrected chi connectivity index (χ3v) is 9.53. The lowest BCUT2D eigenvalue weighted by atomic mass is 10.0. The van der Waals surface area contributed by atoms with Crippen LogP contribution in [-0.2, 0) is 21.4 Å². The van der Waals surface area contributed by atoms with Crippen LogP contribution in [0.5, 0.6) is 0 Å². The van der Waals surface area contributed by atoms with Crippen molar-refractivity contribution in [3.05, 3.63) is 63.3 Å². The van der Waals surface area contributed by atoms with Crippen molar-refractivity contribution in [3.8, 4) is 0 Å². The van der Waals surface area contributed by atoms with E-state index in [2.05, 4.69) is 11.6 Å². The van der Waals surface area contributed by atoms with Gasteiger partial charge < -0.3 is 4.57 Å². The Hall–Kier alpha value is -2.67. The standard InChI is InChI=1S/C20H20N4O5S3/c1-2-10-22-16-13-14(24(26)27)8-9-17(16)31-20(22)21-19(25)15-6-3-4-11-23(15)32(28,29)18-7-5-12-30-18/h2,5,7-9,12-13,15H,1,3-4,6,10-11H2. The topological polar surface area (TPSA) is 115 Å². The highest BCUT2D eigenvalue weighted by Crippen LogP contribution is 2.29. The average Bonchev–Trinajstić information content (AvgIpc) is 3.43. The van der Waals surface area contributed by atoms with Gasteiger partial charge in [0.15, 0.2) is 4.80 Å². The van der Waals surface area contributed by atoms with Crippen molar-refractivity contribution in [2.75, 3.05) is 6.54 Å². The van der Waals surface area contributed by atoms with E-state index in [0.717, 1.165) is 22.5 Å². The van der Waals surface area contributed by atoms with Crippen molar-refractivity contribution < 1.29 is 18.1 Å². The predicted octanol–water partition coefficient (Wildman–Crippen LogP) is 3.53. The molecule has 3 aromatic rings. The number of piperidine rings is 1. The summed E-state index contributed by atoms with van der Waals surface area (Å²) in [7, 11) is -3.79. The molecule has 1 atom stereocenters. The number of benzene rings is 1. The maximum absolute atomic E-state index is 13.2. The molecule has 1 aromatic carbocycles. The van der Waals surface area contributed by atoms with Crippen molar-refractivity contribution in [2.45, 2.75) is 36.1 Å². The smallest absolute Gasteiger partial charge is 0.271 e. The Morgan fingerprint density at radius 3 is 2.84 bits per heavy atom. The number of amides is 1. The largest absolute Gasteiger partial charge is 0.312 e. The minimum absolute atomic E-state index is 0.0634. The monoisotopic (exact) mass is 492 g/mol. The van der Waals surface area contributed by atoms with Gasteiger partial charge >= 0.3 is 0 Å². The first-order valence-corrected chi connectivity index (χ1v) is 13.0. The summed E-state index contributed by atoms with van der Waals surface area (Å²) in [6.45, 7) is 4.28. The van der Waals surface area contributed by atoms with Crippen LogP contribution in [0.25, 0.3) is 10.2 Å². The number of rotatable bonds is 6. The number of sulfonamides is 1. The average molecular weight is 493 g/mol. The Kier molecular flexibility index (Phi) is 6.38. The van der Waals surface area contributed by atoms with E-state index in [1.54, 1.807) is 28.2 Å². The number of thiazole rings is 1. The van der Waals surface area contributed by atoms with Crippen LogP contribution in [0.4, 0.5) is 5.69 Å². The third kappa shape index (κ3) is 4.18. The Morgan fingerprint density at radius 1 is 1.34 bits per heavy atom. The molecule has 1 amide bonds. The number of nitro benzene ring substituents is 1. The SMILES string of the molecule is C=CCn1c(=NC(=O)C2CCCCN2S(=O)(=O)c2cccs2)sc2ccc([N+](=O)[O-])cc21. The van der Waals surface area contributed by atoms with Crippen LogP contribution < -0.4 is 4.80 Å². The number of nitrogens with zero attached hydrogens (tertiary/aromatic N) is 4. The minimum atomic E-state index is -3.79. The molecule has 0 spiro atoms. The zero-order chi connectivity index (χ0) is 22.9. The van der Waals surface area contributed by atoms with Gasteiger partial charge in [0.1, 0.15) is 10.3 Å². The number of nitro groups is 1. The van der Waals surface area contributed by atoms with Crippen LogP contribution in [0, 0.1) is 10.1 Å². The van der Waals surface area contributed by atoms with Crippen molar-refractivity contribution in [2.24, 2.45) is 4.99 Å². The quantitative estimate of drug-likeness (QED) is 0.297. The molecule has 168 valence electrons. The Balaban J connectivity index is 1.77.